The summed E-state index contributed by atoms with van der Waals surface area (Å²) >= 11 is 0. The maximum absolute atomic E-state index is 6.22. The van der Waals surface area contributed by atoms with E-state index in [2.05, 4.69) is 62.3 Å². The van der Waals surface area contributed by atoms with Gasteiger partial charge in [-0.05, 0) is 57.2 Å². The minimum Gasteiger partial charge on any atom is -0.400 e. The lowest BCUT2D eigenvalue weighted by Gasteiger charge is -2.32. The molecule has 0 saturated carbocycles. The lowest BCUT2D eigenvalue weighted by atomic mass is 9.76. The van der Waals surface area contributed by atoms with Gasteiger partial charge in [0, 0.05) is 24.3 Å². The average molecular weight is 324 g/mol. The molecule has 1 fully saturated rings. The molecule has 3 rings (SSSR count). The highest BCUT2D eigenvalue weighted by atomic mass is 16.7. The minimum atomic E-state index is -0.348. The van der Waals surface area contributed by atoms with E-state index in [0.29, 0.717) is 6.54 Å². The van der Waals surface area contributed by atoms with E-state index in [1.54, 1.807) is 0 Å². The summed E-state index contributed by atoms with van der Waals surface area (Å²) in [5.74, 6) is 0. The van der Waals surface area contributed by atoms with Crippen molar-refractivity contribution in [1.29, 1.82) is 0 Å². The number of pyridine rings is 1. The van der Waals surface area contributed by atoms with Crippen LogP contribution in [0.5, 0.6) is 0 Å². The molecule has 1 saturated heterocycles. The average Bonchev–Trinajstić information content (AvgIpc) is 2.75. The van der Waals surface area contributed by atoms with Gasteiger partial charge in [0.25, 0.3) is 0 Å². The molecule has 1 aliphatic rings. The van der Waals surface area contributed by atoms with Crippen LogP contribution in [0.1, 0.15) is 33.3 Å². The van der Waals surface area contributed by atoms with Crippen molar-refractivity contribution in [1.82, 2.24) is 10.3 Å². The highest BCUT2D eigenvalue weighted by Crippen LogP contribution is 2.38. The van der Waals surface area contributed by atoms with Crippen LogP contribution in [0.3, 0.4) is 0 Å². The van der Waals surface area contributed by atoms with Gasteiger partial charge in [-0.2, -0.15) is 0 Å². The monoisotopic (exact) mass is 324 g/mol. The molecule has 2 heterocycles. The van der Waals surface area contributed by atoms with Crippen molar-refractivity contribution >= 4 is 24.0 Å². The van der Waals surface area contributed by atoms with Crippen molar-refractivity contribution in [3.05, 3.63) is 47.7 Å². The zero-order valence-electron chi connectivity index (χ0n) is 15.1. The fraction of sp³-hybridized carbons (Fsp3) is 0.421. The van der Waals surface area contributed by atoms with E-state index >= 15 is 0 Å². The molecule has 2 aromatic rings. The molecule has 0 unspecified atom stereocenters. The van der Waals surface area contributed by atoms with E-state index in [0.717, 1.165) is 16.4 Å². The van der Waals surface area contributed by atoms with E-state index in [1.165, 1.54) is 5.39 Å². The Morgan fingerprint density at radius 3 is 2.54 bits per heavy atom. The van der Waals surface area contributed by atoms with Crippen LogP contribution >= 0.6 is 0 Å². The van der Waals surface area contributed by atoms with Gasteiger partial charge in [0.1, 0.15) is 0 Å². The summed E-state index contributed by atoms with van der Waals surface area (Å²) in [6.07, 6.45) is 5.88. The molecule has 126 valence electrons. The van der Waals surface area contributed by atoms with E-state index < -0.39 is 0 Å². The van der Waals surface area contributed by atoms with Crippen LogP contribution in [0.2, 0.25) is 0 Å². The lowest BCUT2D eigenvalue weighted by molar-refractivity contribution is 0.00578. The Labute approximate surface area is 144 Å². The molecular formula is C19H25BN2O2. The lowest BCUT2D eigenvalue weighted by Crippen LogP contribution is -2.41. The van der Waals surface area contributed by atoms with Crippen molar-refractivity contribution in [3.63, 3.8) is 0 Å². The molecule has 24 heavy (non-hydrogen) atoms. The number of likely N-dealkylation sites (N-methyl/N-ethyl adjacent to an activating group) is 1. The van der Waals surface area contributed by atoms with Crippen LogP contribution in [-0.2, 0) is 9.31 Å². The maximum Gasteiger partial charge on any atom is 0.491 e. The molecule has 0 amide bonds. The van der Waals surface area contributed by atoms with Crippen molar-refractivity contribution < 1.29 is 9.31 Å². The van der Waals surface area contributed by atoms with Gasteiger partial charge < -0.3 is 14.6 Å². The van der Waals surface area contributed by atoms with Gasteiger partial charge in [0.2, 0.25) is 0 Å². The number of nitrogens with zero attached hydrogens (tertiary/aromatic N) is 1. The molecule has 5 heteroatoms. The van der Waals surface area contributed by atoms with Crippen LogP contribution < -0.4 is 5.32 Å². The number of hydrogen-bond donors (Lipinski definition) is 1. The molecule has 0 radical (unpaired) electrons. The highest BCUT2D eigenvalue weighted by Gasteiger charge is 2.52. The topological polar surface area (TPSA) is 43.4 Å². The van der Waals surface area contributed by atoms with Crippen LogP contribution in [0, 0.1) is 0 Å². The van der Waals surface area contributed by atoms with E-state index in [-0.39, 0.29) is 18.3 Å². The van der Waals surface area contributed by atoms with Crippen molar-refractivity contribution in [2.24, 2.45) is 0 Å². The second-order valence-electron chi connectivity index (χ2n) is 7.28. The maximum atomic E-state index is 6.22. The van der Waals surface area contributed by atoms with Gasteiger partial charge in [-0.25, -0.2) is 0 Å². The first-order valence-corrected chi connectivity index (χ1v) is 8.37. The quantitative estimate of drug-likeness (QED) is 0.875. The normalized spacial score (nSPS) is 19.9. The first-order valence-electron chi connectivity index (χ1n) is 8.37. The summed E-state index contributed by atoms with van der Waals surface area (Å²) in [5, 5.41) is 5.53. The fourth-order valence-corrected chi connectivity index (χ4v) is 2.87. The molecule has 1 aromatic carbocycles. The largest absolute Gasteiger partial charge is 0.491 e. The van der Waals surface area contributed by atoms with Crippen LogP contribution in [-0.4, -0.2) is 36.9 Å². The van der Waals surface area contributed by atoms with Crippen LogP contribution in [0.15, 0.2) is 42.1 Å². The Balaban J connectivity index is 2.01. The Morgan fingerprint density at radius 2 is 1.88 bits per heavy atom. The second-order valence-corrected chi connectivity index (χ2v) is 7.28. The summed E-state index contributed by atoms with van der Waals surface area (Å²) < 4.78 is 12.4. The first kappa shape index (κ1) is 17.1. The summed E-state index contributed by atoms with van der Waals surface area (Å²) in [5.41, 5.74) is 1.55. The minimum absolute atomic E-state index is 0.340. The van der Waals surface area contributed by atoms with E-state index in [9.17, 15) is 0 Å². The van der Waals surface area contributed by atoms with Crippen LogP contribution in [0.4, 0.5) is 0 Å². The predicted molar refractivity (Wildman–Crippen MR) is 99.7 cm³/mol. The van der Waals surface area contributed by atoms with Gasteiger partial charge in [-0.3, -0.25) is 4.98 Å². The molecule has 0 aliphatic carbocycles. The fourth-order valence-electron chi connectivity index (χ4n) is 2.87. The van der Waals surface area contributed by atoms with Crippen molar-refractivity contribution in [2.75, 3.05) is 13.6 Å². The van der Waals surface area contributed by atoms with Crippen LogP contribution in [0.25, 0.3) is 16.8 Å². The van der Waals surface area contributed by atoms with Gasteiger partial charge in [0.05, 0.1) is 11.2 Å². The standard InChI is InChI=1S/C19H25BN2O2/c1-18(2)19(3,4)24-20(23-18)16(13-21-5)11-14-7-6-8-15-12-22-10-9-17(14)15/h6-12,21H,13H2,1-5H3. The molecule has 1 aliphatic heterocycles. The van der Waals surface area contributed by atoms with Crippen molar-refractivity contribution in [2.45, 2.75) is 38.9 Å². The van der Waals surface area contributed by atoms with Gasteiger partial charge >= 0.3 is 7.12 Å². The van der Waals surface area contributed by atoms with E-state index in [1.807, 2.05) is 25.5 Å². The molecule has 0 bridgehead atoms. The SMILES string of the molecule is CNCC(=Cc1cccc2cnccc12)B1OC(C)(C)C(C)(C)O1. The number of aromatic nitrogens is 1. The number of rotatable bonds is 4. The van der Waals surface area contributed by atoms with Gasteiger partial charge in [0.15, 0.2) is 0 Å². The first-order chi connectivity index (χ1) is 11.3. The third-order valence-electron chi connectivity index (χ3n) is 4.99. The number of hydrogen-bond acceptors (Lipinski definition) is 4. The Kier molecular flexibility index (Phi) is 4.51. The number of nitrogens with one attached hydrogen (secondary N) is 1. The number of fused-ring (bicyclic) bond motifs is 1. The molecule has 0 spiro atoms. The second kappa shape index (κ2) is 6.32. The molecule has 4 nitrogen and oxygen atoms in total. The Morgan fingerprint density at radius 1 is 1.17 bits per heavy atom. The third-order valence-corrected chi connectivity index (χ3v) is 4.99. The third kappa shape index (κ3) is 3.12. The summed E-state index contributed by atoms with van der Waals surface area (Å²) in [6.45, 7) is 9.01. The van der Waals surface area contributed by atoms with Gasteiger partial charge in [-0.1, -0.05) is 24.3 Å². The highest BCUT2D eigenvalue weighted by molar-refractivity contribution is 6.56. The molecular weight excluding hydrogens is 299 g/mol. The summed E-state index contributed by atoms with van der Waals surface area (Å²) in [6, 6.07) is 8.29. The van der Waals surface area contributed by atoms with Gasteiger partial charge in [-0.15, -0.1) is 0 Å². The Hall–Kier alpha value is -1.69. The molecule has 0 atom stereocenters. The molecule has 1 N–H and O–H groups in total. The van der Waals surface area contributed by atoms with Crippen molar-refractivity contribution in [3.8, 4) is 0 Å². The number of benzene rings is 1. The predicted octanol–water partition coefficient (Wildman–Crippen LogP) is 3.47. The van der Waals surface area contributed by atoms with E-state index in [4.69, 9.17) is 9.31 Å². The zero-order chi connectivity index (χ0) is 17.4. The smallest absolute Gasteiger partial charge is 0.400 e. The zero-order valence-corrected chi connectivity index (χ0v) is 15.1. The summed E-state index contributed by atoms with van der Waals surface area (Å²) in [7, 11) is 1.59. The summed E-state index contributed by atoms with van der Waals surface area (Å²) in [4.78, 5) is 4.20. The molecule has 1 aromatic heterocycles. The Bertz CT molecular complexity index is 750.